The Morgan fingerprint density at radius 3 is 2.47 bits per heavy atom. The van der Waals surface area contributed by atoms with Crippen molar-refractivity contribution in [2.24, 2.45) is 5.92 Å². The molecule has 3 heterocycles. The maximum atomic E-state index is 14.0. The number of carbonyl (C=O) groups is 3. The number of thiazole rings is 1. The number of aryl methyl sites for hydroxylation is 2. The van der Waals surface area contributed by atoms with E-state index < -0.39 is 17.1 Å². The van der Waals surface area contributed by atoms with E-state index in [1.165, 1.54) is 16.7 Å². The molecular weight excluding hydrogens is 587 g/mol. The van der Waals surface area contributed by atoms with Crippen LogP contribution in [0.15, 0.2) is 76.6 Å². The lowest BCUT2D eigenvalue weighted by molar-refractivity contribution is -0.122. The van der Waals surface area contributed by atoms with Crippen LogP contribution in [0.2, 0.25) is 0 Å². The predicted octanol–water partition coefficient (Wildman–Crippen LogP) is 5.27. The average Bonchev–Trinajstić information content (AvgIpc) is 3.47. The molecule has 1 fully saturated rings. The third kappa shape index (κ3) is 5.57. The number of aromatic nitrogens is 1. The molecule has 2 aliphatic rings. The number of hydrogen-bond donors (Lipinski definition) is 2. The zero-order chi connectivity index (χ0) is 30.2. The molecule has 220 valence electrons. The van der Waals surface area contributed by atoms with E-state index in [1.807, 2.05) is 51.1 Å². The molecule has 1 saturated heterocycles. The number of nitrogens with zero attached hydrogens (tertiary/aromatic N) is 1. The molecule has 0 radical (unpaired) electrons. The molecule has 3 amide bonds. The first-order valence-electron chi connectivity index (χ1n) is 13.8. The Morgan fingerprint density at radius 2 is 1.72 bits per heavy atom. The molecule has 9 nitrogen and oxygen atoms in total. The molecule has 11 heteroatoms. The number of benzene rings is 3. The van der Waals surface area contributed by atoms with Gasteiger partial charge in [-0.1, -0.05) is 59.0 Å². The van der Waals surface area contributed by atoms with E-state index in [4.69, 9.17) is 9.47 Å². The second-order valence-corrected chi connectivity index (χ2v) is 12.6. The molecule has 6 rings (SSSR count). The summed E-state index contributed by atoms with van der Waals surface area (Å²) in [6.45, 7) is 5.82. The molecule has 0 unspecified atom stereocenters. The van der Waals surface area contributed by atoms with Crippen LogP contribution in [0.3, 0.4) is 0 Å². The Hall–Kier alpha value is -4.35. The second-order valence-electron chi connectivity index (χ2n) is 10.4. The third-order valence-electron chi connectivity index (χ3n) is 7.40. The smallest absolute Gasteiger partial charge is 0.305 e. The number of fused-ring (bicyclic) bond motifs is 2. The zero-order valence-electron chi connectivity index (χ0n) is 23.7. The van der Waals surface area contributed by atoms with Crippen molar-refractivity contribution in [1.82, 2.24) is 4.98 Å². The molecule has 0 spiro atoms. The largest absolute Gasteiger partial charge is 0.490 e. The number of hydrogen-bond acceptors (Lipinski definition) is 8. The zero-order valence-corrected chi connectivity index (χ0v) is 25.3. The van der Waals surface area contributed by atoms with Crippen molar-refractivity contribution in [1.29, 1.82) is 0 Å². The van der Waals surface area contributed by atoms with Gasteiger partial charge in [0.15, 0.2) is 18.1 Å². The highest BCUT2D eigenvalue weighted by Crippen LogP contribution is 2.53. The molecule has 43 heavy (non-hydrogen) atoms. The van der Waals surface area contributed by atoms with Crippen molar-refractivity contribution in [3.63, 3.8) is 0 Å². The molecule has 1 aromatic heterocycles. The number of imide groups is 1. The maximum Gasteiger partial charge on any atom is 0.305 e. The van der Waals surface area contributed by atoms with E-state index in [0.717, 1.165) is 22.5 Å². The summed E-state index contributed by atoms with van der Waals surface area (Å²) in [7, 11) is 0. The van der Waals surface area contributed by atoms with Gasteiger partial charge >= 0.3 is 4.87 Å². The summed E-state index contributed by atoms with van der Waals surface area (Å²) in [5, 5.41) is 2.72. The van der Waals surface area contributed by atoms with Gasteiger partial charge in [-0.2, -0.15) is 0 Å². The number of H-pyrrole nitrogens is 1. The van der Waals surface area contributed by atoms with Crippen molar-refractivity contribution < 1.29 is 23.9 Å². The fourth-order valence-electron chi connectivity index (χ4n) is 5.49. The van der Waals surface area contributed by atoms with Crippen LogP contribution < -0.4 is 24.6 Å². The molecular formula is C32H29N3O6S2. The number of rotatable bonds is 8. The molecule has 3 aromatic carbocycles. The van der Waals surface area contributed by atoms with E-state index >= 15 is 0 Å². The van der Waals surface area contributed by atoms with Crippen LogP contribution in [0.1, 0.15) is 34.4 Å². The van der Waals surface area contributed by atoms with Crippen molar-refractivity contribution in [2.75, 3.05) is 23.4 Å². The van der Waals surface area contributed by atoms with Crippen molar-refractivity contribution >= 4 is 52.2 Å². The van der Waals surface area contributed by atoms with Crippen LogP contribution in [0, 0.1) is 19.8 Å². The van der Waals surface area contributed by atoms with Gasteiger partial charge in [-0.25, -0.2) is 4.90 Å². The SMILES string of the molecule is CCOc1cc([C@@H]2c3sc(=O)[nH]c3S[C@H]3C(=O)N(c4ccc(C)cc4)C(=O)[C@@H]23)ccc1OCC(=O)Nc1cccc(C)c1. The van der Waals surface area contributed by atoms with E-state index in [2.05, 4.69) is 10.3 Å². The van der Waals surface area contributed by atoms with Crippen LogP contribution in [0.25, 0.3) is 0 Å². The fraction of sp³-hybridized carbons (Fsp3) is 0.250. The minimum atomic E-state index is -0.723. The summed E-state index contributed by atoms with van der Waals surface area (Å²) in [6.07, 6.45) is 0. The number of thioether (sulfide) groups is 1. The molecule has 0 saturated carbocycles. The lowest BCUT2D eigenvalue weighted by Crippen LogP contribution is -2.32. The minimum Gasteiger partial charge on any atom is -0.490 e. The molecule has 2 aliphatic heterocycles. The van der Waals surface area contributed by atoms with Gasteiger partial charge in [-0.05, 0) is 68.3 Å². The summed E-state index contributed by atoms with van der Waals surface area (Å²) in [5.74, 6) is -1.46. The van der Waals surface area contributed by atoms with Crippen molar-refractivity contribution in [2.45, 2.75) is 37.0 Å². The van der Waals surface area contributed by atoms with Crippen molar-refractivity contribution in [3.8, 4) is 11.5 Å². The summed E-state index contributed by atoms with van der Waals surface area (Å²) in [4.78, 5) is 57.2. The third-order valence-corrected chi connectivity index (χ3v) is 9.80. The maximum absolute atomic E-state index is 14.0. The lowest BCUT2D eigenvalue weighted by atomic mass is 9.83. The number of anilines is 2. The van der Waals surface area contributed by atoms with Crippen LogP contribution in [0.5, 0.6) is 11.5 Å². The summed E-state index contributed by atoms with van der Waals surface area (Å²) < 4.78 is 11.8. The highest BCUT2D eigenvalue weighted by molar-refractivity contribution is 8.00. The average molecular weight is 616 g/mol. The molecule has 0 bridgehead atoms. The molecule has 0 aliphatic carbocycles. The standard InChI is InChI=1S/C32H29N3O6S2/c1-4-40-23-15-19(10-13-22(23)41-16-24(36)33-20-7-5-6-18(3)14-20)25-26-28(42-29-27(25)43-32(39)34-29)31(38)35(30(26)37)21-11-8-17(2)9-12-21/h5-15,25-26,28H,4,16H2,1-3H3,(H,33,36)(H,34,39)/t25-,26-,28+/m0/s1. The Labute approximate surface area is 256 Å². The van der Waals surface area contributed by atoms with Gasteiger partial charge in [0.2, 0.25) is 11.8 Å². The van der Waals surface area contributed by atoms with Gasteiger partial charge in [0, 0.05) is 16.5 Å². The van der Waals surface area contributed by atoms with Gasteiger partial charge in [0.25, 0.3) is 5.91 Å². The minimum absolute atomic E-state index is 0.236. The molecule has 3 atom stereocenters. The Kier molecular flexibility index (Phi) is 7.85. The number of amides is 3. The van der Waals surface area contributed by atoms with Crippen LogP contribution in [0.4, 0.5) is 11.4 Å². The van der Waals surface area contributed by atoms with E-state index in [1.54, 1.807) is 36.4 Å². The second kappa shape index (κ2) is 11.7. The van der Waals surface area contributed by atoms with E-state index in [9.17, 15) is 19.2 Å². The van der Waals surface area contributed by atoms with E-state index in [0.29, 0.717) is 44.9 Å². The Balaban J connectivity index is 1.31. The predicted molar refractivity (Wildman–Crippen MR) is 167 cm³/mol. The Bertz CT molecular complexity index is 1780. The summed E-state index contributed by atoms with van der Waals surface area (Å²) in [6, 6.07) is 20.0. The monoisotopic (exact) mass is 615 g/mol. The highest BCUT2D eigenvalue weighted by atomic mass is 32.2. The first-order valence-corrected chi connectivity index (χ1v) is 15.5. The normalized spacial score (nSPS) is 19.1. The lowest BCUT2D eigenvalue weighted by Gasteiger charge is -2.30. The van der Waals surface area contributed by atoms with Gasteiger partial charge in [0.05, 0.1) is 23.2 Å². The number of ether oxygens (including phenoxy) is 2. The fourth-order valence-corrected chi connectivity index (χ4v) is 8.01. The van der Waals surface area contributed by atoms with Crippen molar-refractivity contribution in [3.05, 3.63) is 98.0 Å². The van der Waals surface area contributed by atoms with Gasteiger partial charge in [-0.15, -0.1) is 0 Å². The molecule has 2 N–H and O–H groups in total. The summed E-state index contributed by atoms with van der Waals surface area (Å²) >= 11 is 2.28. The summed E-state index contributed by atoms with van der Waals surface area (Å²) in [5.41, 5.74) is 3.95. The Morgan fingerprint density at radius 1 is 0.930 bits per heavy atom. The molecule has 4 aromatic rings. The van der Waals surface area contributed by atoms with Crippen LogP contribution >= 0.6 is 23.1 Å². The topological polar surface area (TPSA) is 118 Å². The highest BCUT2D eigenvalue weighted by Gasteiger charge is 2.56. The number of nitrogens with one attached hydrogen (secondary N) is 2. The van der Waals surface area contributed by atoms with E-state index in [-0.39, 0.29) is 29.2 Å². The number of carbonyl (C=O) groups excluding carboxylic acids is 3. The van der Waals surface area contributed by atoms with Gasteiger partial charge < -0.3 is 19.8 Å². The van der Waals surface area contributed by atoms with Crippen LogP contribution in [-0.2, 0) is 14.4 Å². The van der Waals surface area contributed by atoms with Gasteiger partial charge in [0.1, 0.15) is 5.25 Å². The quantitative estimate of drug-likeness (QED) is 0.260. The van der Waals surface area contributed by atoms with Crippen LogP contribution in [-0.4, -0.2) is 41.2 Å². The number of aromatic amines is 1. The first kappa shape index (κ1) is 28.8. The van der Waals surface area contributed by atoms with Gasteiger partial charge in [-0.3, -0.25) is 19.2 Å². The first-order chi connectivity index (χ1) is 20.7.